The van der Waals surface area contributed by atoms with Crippen LogP contribution in [0.4, 0.5) is 0 Å². The van der Waals surface area contributed by atoms with Crippen LogP contribution in [0.15, 0.2) is 24.3 Å². The molecule has 0 saturated heterocycles. The molecular weight excluding hydrogens is 216 g/mol. The molecule has 4 heteroatoms. The Balaban J connectivity index is 2.43. The van der Waals surface area contributed by atoms with Gasteiger partial charge in [0, 0.05) is 7.05 Å². The van der Waals surface area contributed by atoms with E-state index in [4.69, 9.17) is 4.74 Å². The van der Waals surface area contributed by atoms with E-state index in [0.717, 1.165) is 17.6 Å². The Bertz CT molecular complexity index is 559. The molecule has 0 bridgehead atoms. The summed E-state index contributed by atoms with van der Waals surface area (Å²) >= 11 is 0. The minimum absolute atomic E-state index is 0.479. The Kier molecular flexibility index (Phi) is 2.95. The molecule has 0 aliphatic heterocycles. The second-order valence-electron chi connectivity index (χ2n) is 3.91. The minimum Gasteiger partial charge on any atom is -0.438 e. The van der Waals surface area contributed by atoms with Gasteiger partial charge in [0.1, 0.15) is 5.75 Å². The van der Waals surface area contributed by atoms with Crippen LogP contribution in [0.25, 0.3) is 0 Å². The molecule has 0 atom stereocenters. The van der Waals surface area contributed by atoms with E-state index >= 15 is 0 Å². The predicted molar refractivity (Wildman–Crippen MR) is 64.6 cm³/mol. The summed E-state index contributed by atoms with van der Waals surface area (Å²) in [6.07, 6.45) is 0.774. The topological polar surface area (TPSA) is 44.1 Å². The van der Waals surface area contributed by atoms with E-state index in [-0.39, 0.29) is 0 Å². The van der Waals surface area contributed by atoms with Crippen molar-refractivity contribution >= 4 is 6.29 Å². The number of aldehydes is 1. The number of carbonyl (C=O) groups is 1. The molecule has 0 fully saturated rings. The Hall–Kier alpha value is -2.10. The minimum atomic E-state index is 0.479. The van der Waals surface area contributed by atoms with Crippen LogP contribution in [0.5, 0.6) is 11.6 Å². The molecule has 2 aromatic rings. The third-order valence-corrected chi connectivity index (χ3v) is 2.63. The first kappa shape index (κ1) is 11.4. The molecule has 0 saturated carbocycles. The summed E-state index contributed by atoms with van der Waals surface area (Å²) in [4.78, 5) is 11.0. The van der Waals surface area contributed by atoms with Gasteiger partial charge in [-0.3, -0.25) is 4.79 Å². The van der Waals surface area contributed by atoms with Crippen LogP contribution in [-0.4, -0.2) is 16.1 Å². The van der Waals surface area contributed by atoms with Gasteiger partial charge in [-0.25, -0.2) is 4.68 Å². The van der Waals surface area contributed by atoms with Gasteiger partial charge in [-0.15, -0.1) is 0 Å². The third kappa shape index (κ3) is 2.06. The molecule has 4 nitrogen and oxygen atoms in total. The van der Waals surface area contributed by atoms with E-state index in [9.17, 15) is 4.79 Å². The van der Waals surface area contributed by atoms with Gasteiger partial charge in [0.15, 0.2) is 6.29 Å². The molecule has 0 unspecified atom stereocenters. The number of aryl methyl sites for hydroxylation is 3. The van der Waals surface area contributed by atoms with Crippen molar-refractivity contribution in [3.8, 4) is 11.6 Å². The van der Waals surface area contributed by atoms with Crippen LogP contribution in [0.3, 0.4) is 0 Å². The number of para-hydroxylation sites is 1. The second kappa shape index (κ2) is 4.41. The van der Waals surface area contributed by atoms with Crippen LogP contribution in [0, 0.1) is 13.8 Å². The summed E-state index contributed by atoms with van der Waals surface area (Å²) in [6.45, 7) is 3.74. The summed E-state index contributed by atoms with van der Waals surface area (Å²) in [5, 5.41) is 4.17. The van der Waals surface area contributed by atoms with E-state index in [1.807, 2.05) is 31.2 Å². The fourth-order valence-electron chi connectivity index (χ4n) is 1.69. The largest absolute Gasteiger partial charge is 0.438 e. The Morgan fingerprint density at radius 3 is 2.65 bits per heavy atom. The van der Waals surface area contributed by atoms with Gasteiger partial charge in [0.2, 0.25) is 5.88 Å². The first-order chi connectivity index (χ1) is 8.13. The van der Waals surface area contributed by atoms with Crippen molar-refractivity contribution in [2.75, 3.05) is 0 Å². The Morgan fingerprint density at radius 2 is 2.00 bits per heavy atom. The normalized spacial score (nSPS) is 10.3. The average molecular weight is 230 g/mol. The third-order valence-electron chi connectivity index (χ3n) is 2.63. The zero-order chi connectivity index (χ0) is 12.4. The smallest absolute Gasteiger partial charge is 0.228 e. The summed E-state index contributed by atoms with van der Waals surface area (Å²) in [7, 11) is 1.76. The quantitative estimate of drug-likeness (QED) is 0.761. The summed E-state index contributed by atoms with van der Waals surface area (Å²) in [5.74, 6) is 1.21. The first-order valence-corrected chi connectivity index (χ1v) is 5.35. The summed E-state index contributed by atoms with van der Waals surface area (Å²) in [5.41, 5.74) is 2.19. The van der Waals surface area contributed by atoms with Gasteiger partial charge in [0.25, 0.3) is 0 Å². The highest BCUT2D eigenvalue weighted by atomic mass is 16.5. The number of rotatable bonds is 3. The van der Waals surface area contributed by atoms with Crippen LogP contribution < -0.4 is 4.74 Å². The van der Waals surface area contributed by atoms with Crippen LogP contribution in [0.2, 0.25) is 0 Å². The van der Waals surface area contributed by atoms with Gasteiger partial charge >= 0.3 is 0 Å². The van der Waals surface area contributed by atoms with Gasteiger partial charge in [-0.1, -0.05) is 18.2 Å². The van der Waals surface area contributed by atoms with E-state index in [1.165, 1.54) is 0 Å². The number of carbonyl (C=O) groups excluding carboxylic acids is 1. The monoisotopic (exact) mass is 230 g/mol. The average Bonchev–Trinajstić information content (AvgIpc) is 2.56. The molecule has 0 aliphatic carbocycles. The van der Waals surface area contributed by atoms with E-state index < -0.39 is 0 Å². The Morgan fingerprint density at radius 1 is 1.29 bits per heavy atom. The number of aromatic nitrogens is 2. The highest BCUT2D eigenvalue weighted by Gasteiger charge is 2.15. The molecule has 0 N–H and O–H groups in total. The highest BCUT2D eigenvalue weighted by Crippen LogP contribution is 2.27. The fourth-order valence-corrected chi connectivity index (χ4v) is 1.69. The van der Waals surface area contributed by atoms with Crippen LogP contribution in [0.1, 0.15) is 21.6 Å². The molecule has 17 heavy (non-hydrogen) atoms. The van der Waals surface area contributed by atoms with E-state index in [0.29, 0.717) is 17.1 Å². The van der Waals surface area contributed by atoms with E-state index in [2.05, 4.69) is 5.10 Å². The maximum absolute atomic E-state index is 11.0. The molecule has 0 aliphatic rings. The van der Waals surface area contributed by atoms with Crippen LogP contribution in [-0.2, 0) is 7.05 Å². The molecule has 2 rings (SSSR count). The van der Waals surface area contributed by atoms with E-state index in [1.54, 1.807) is 18.7 Å². The van der Waals surface area contributed by atoms with Gasteiger partial charge in [-0.05, 0) is 25.5 Å². The molecule has 0 radical (unpaired) electrons. The zero-order valence-corrected chi connectivity index (χ0v) is 10.1. The molecular formula is C13H14N2O2. The lowest BCUT2D eigenvalue weighted by Gasteiger charge is -2.08. The van der Waals surface area contributed by atoms with Crippen molar-refractivity contribution in [1.82, 2.24) is 9.78 Å². The lowest BCUT2D eigenvalue weighted by molar-refractivity contribution is 0.112. The lowest BCUT2D eigenvalue weighted by Crippen LogP contribution is -1.97. The number of hydrogen-bond donors (Lipinski definition) is 0. The molecule has 1 aromatic heterocycles. The molecule has 1 aromatic carbocycles. The molecule has 1 heterocycles. The fraction of sp³-hybridized carbons (Fsp3) is 0.231. The highest BCUT2D eigenvalue weighted by molar-refractivity contribution is 5.80. The number of benzene rings is 1. The second-order valence-corrected chi connectivity index (χ2v) is 3.91. The van der Waals surface area contributed by atoms with Crippen molar-refractivity contribution in [3.63, 3.8) is 0 Å². The van der Waals surface area contributed by atoms with Gasteiger partial charge in [0.05, 0.1) is 11.3 Å². The van der Waals surface area contributed by atoms with Gasteiger partial charge in [-0.2, -0.15) is 5.10 Å². The van der Waals surface area contributed by atoms with Gasteiger partial charge < -0.3 is 4.74 Å². The lowest BCUT2D eigenvalue weighted by atomic mass is 10.2. The zero-order valence-electron chi connectivity index (χ0n) is 10.1. The SMILES string of the molecule is Cc1ccccc1Oc1c(C=O)c(C)nn1C. The summed E-state index contributed by atoms with van der Waals surface area (Å²) in [6, 6.07) is 7.66. The maximum Gasteiger partial charge on any atom is 0.228 e. The Labute approximate surface area is 99.8 Å². The molecule has 0 spiro atoms. The van der Waals surface area contributed by atoms with Crippen molar-refractivity contribution < 1.29 is 9.53 Å². The number of hydrogen-bond acceptors (Lipinski definition) is 3. The predicted octanol–water partition coefficient (Wildman–Crippen LogP) is 2.64. The van der Waals surface area contributed by atoms with Crippen molar-refractivity contribution in [2.45, 2.75) is 13.8 Å². The van der Waals surface area contributed by atoms with Crippen molar-refractivity contribution in [2.24, 2.45) is 7.05 Å². The number of nitrogens with zero attached hydrogens (tertiary/aromatic N) is 2. The van der Waals surface area contributed by atoms with Crippen molar-refractivity contribution in [3.05, 3.63) is 41.1 Å². The summed E-state index contributed by atoms with van der Waals surface area (Å²) < 4.78 is 7.33. The molecule has 88 valence electrons. The maximum atomic E-state index is 11.0. The standard InChI is InChI=1S/C13H14N2O2/c1-9-6-4-5-7-12(9)17-13-11(8-16)10(2)14-15(13)3/h4-8H,1-3H3. The molecule has 0 amide bonds. The first-order valence-electron chi connectivity index (χ1n) is 5.35. The van der Waals surface area contributed by atoms with Crippen LogP contribution >= 0.6 is 0 Å². The van der Waals surface area contributed by atoms with Crippen molar-refractivity contribution in [1.29, 1.82) is 0 Å². The number of ether oxygens (including phenoxy) is 1.